The molecule has 1 aliphatic heterocycles. The Morgan fingerprint density at radius 2 is 1.96 bits per heavy atom. The quantitative estimate of drug-likeness (QED) is 0.788. The van der Waals surface area contributed by atoms with Crippen LogP contribution >= 0.6 is 0 Å². The number of rotatable bonds is 7. The van der Waals surface area contributed by atoms with E-state index in [-0.39, 0.29) is 17.3 Å². The van der Waals surface area contributed by atoms with Gasteiger partial charge in [0.15, 0.2) is 11.6 Å². The number of anilines is 2. The van der Waals surface area contributed by atoms with Crippen molar-refractivity contribution in [2.45, 2.75) is 19.3 Å². The maximum absolute atomic E-state index is 14.2. The number of carbonyl (C=O) groups is 1. The summed E-state index contributed by atoms with van der Waals surface area (Å²) >= 11 is 0. The Kier molecular flexibility index (Phi) is 5.96. The molecule has 7 nitrogen and oxygen atoms in total. The average molecular weight is 359 g/mol. The van der Waals surface area contributed by atoms with E-state index in [2.05, 4.69) is 20.2 Å². The minimum absolute atomic E-state index is 0.208. The van der Waals surface area contributed by atoms with Gasteiger partial charge in [-0.3, -0.25) is 9.69 Å². The highest BCUT2D eigenvalue weighted by Gasteiger charge is 2.11. The van der Waals surface area contributed by atoms with Crippen molar-refractivity contribution in [3.8, 4) is 5.75 Å². The smallest absolute Gasteiger partial charge is 0.251 e. The van der Waals surface area contributed by atoms with E-state index < -0.39 is 11.7 Å². The van der Waals surface area contributed by atoms with Crippen LogP contribution < -0.4 is 15.8 Å². The van der Waals surface area contributed by atoms with Gasteiger partial charge in [-0.25, -0.2) is 14.4 Å². The highest BCUT2D eigenvalue weighted by atomic mass is 19.1. The van der Waals surface area contributed by atoms with Gasteiger partial charge in [0, 0.05) is 30.7 Å². The largest absolute Gasteiger partial charge is 0.489 e. The lowest BCUT2D eigenvalue weighted by Gasteiger charge is -2.26. The van der Waals surface area contributed by atoms with Gasteiger partial charge >= 0.3 is 0 Å². The van der Waals surface area contributed by atoms with E-state index in [0.717, 1.165) is 19.6 Å². The van der Waals surface area contributed by atoms with Gasteiger partial charge in [0.25, 0.3) is 5.91 Å². The number of nitrogens with zero attached hydrogens (tertiary/aromatic N) is 3. The van der Waals surface area contributed by atoms with Gasteiger partial charge in [-0.15, -0.1) is 0 Å². The summed E-state index contributed by atoms with van der Waals surface area (Å²) in [6, 6.07) is 4.58. The summed E-state index contributed by atoms with van der Waals surface area (Å²) < 4.78 is 19.8. The first-order valence-electron chi connectivity index (χ1n) is 8.65. The van der Waals surface area contributed by atoms with Crippen molar-refractivity contribution in [2.75, 3.05) is 31.6 Å². The number of carbonyl (C=O) groups excluding carboxylic acids is 1. The molecule has 8 heteroatoms. The van der Waals surface area contributed by atoms with Crippen LogP contribution in [0.4, 0.5) is 16.0 Å². The number of likely N-dealkylation sites (tertiary alicyclic amines) is 1. The predicted octanol–water partition coefficient (Wildman–Crippen LogP) is 2.32. The van der Waals surface area contributed by atoms with Gasteiger partial charge in [-0.1, -0.05) is 6.42 Å². The number of halogens is 1. The fraction of sp³-hybridized carbons (Fsp3) is 0.389. The van der Waals surface area contributed by atoms with Crippen molar-refractivity contribution >= 4 is 17.5 Å². The molecule has 1 aliphatic rings. The summed E-state index contributed by atoms with van der Waals surface area (Å²) in [6.07, 6.45) is 6.35. The SMILES string of the molecule is NC(=O)c1cnc(Nc2ccc(OCCN3CCCCC3)c(F)c2)nc1. The van der Waals surface area contributed by atoms with Crippen molar-refractivity contribution < 1.29 is 13.9 Å². The van der Waals surface area contributed by atoms with Gasteiger partial charge in [-0.05, 0) is 38.1 Å². The molecule has 1 fully saturated rings. The number of primary amides is 1. The van der Waals surface area contributed by atoms with Crippen molar-refractivity contribution in [3.63, 3.8) is 0 Å². The highest BCUT2D eigenvalue weighted by molar-refractivity contribution is 5.92. The third-order valence-corrected chi connectivity index (χ3v) is 4.24. The van der Waals surface area contributed by atoms with E-state index >= 15 is 0 Å². The molecule has 2 heterocycles. The summed E-state index contributed by atoms with van der Waals surface area (Å²) in [7, 11) is 0. The topological polar surface area (TPSA) is 93.4 Å². The Morgan fingerprint density at radius 3 is 2.62 bits per heavy atom. The first-order chi connectivity index (χ1) is 12.6. The van der Waals surface area contributed by atoms with E-state index in [1.165, 1.54) is 37.7 Å². The van der Waals surface area contributed by atoms with Crippen molar-refractivity contribution in [2.24, 2.45) is 5.73 Å². The van der Waals surface area contributed by atoms with Crippen LogP contribution in [0.5, 0.6) is 5.75 Å². The number of piperidine rings is 1. The molecule has 1 amide bonds. The van der Waals surface area contributed by atoms with Gasteiger partial charge in [0.2, 0.25) is 5.95 Å². The first-order valence-corrected chi connectivity index (χ1v) is 8.65. The van der Waals surface area contributed by atoms with Crippen LogP contribution in [0.2, 0.25) is 0 Å². The number of amides is 1. The summed E-state index contributed by atoms with van der Waals surface area (Å²) in [4.78, 5) is 21.3. The number of hydrogen-bond acceptors (Lipinski definition) is 6. The van der Waals surface area contributed by atoms with Crippen LogP contribution in [0.25, 0.3) is 0 Å². The van der Waals surface area contributed by atoms with Gasteiger partial charge < -0.3 is 15.8 Å². The molecule has 0 radical (unpaired) electrons. The van der Waals surface area contributed by atoms with Crippen molar-refractivity contribution in [1.82, 2.24) is 14.9 Å². The lowest BCUT2D eigenvalue weighted by atomic mass is 10.1. The zero-order valence-corrected chi connectivity index (χ0v) is 14.4. The van der Waals surface area contributed by atoms with Gasteiger partial charge in [-0.2, -0.15) is 0 Å². The van der Waals surface area contributed by atoms with Gasteiger partial charge in [0.1, 0.15) is 6.61 Å². The van der Waals surface area contributed by atoms with Crippen LogP contribution in [-0.2, 0) is 0 Å². The molecule has 26 heavy (non-hydrogen) atoms. The maximum atomic E-state index is 14.2. The fourth-order valence-corrected chi connectivity index (χ4v) is 2.81. The van der Waals surface area contributed by atoms with Crippen LogP contribution in [0.1, 0.15) is 29.6 Å². The van der Waals surface area contributed by atoms with E-state index in [0.29, 0.717) is 12.3 Å². The Morgan fingerprint density at radius 1 is 1.23 bits per heavy atom. The summed E-state index contributed by atoms with van der Waals surface area (Å²) in [6.45, 7) is 3.44. The molecular weight excluding hydrogens is 337 g/mol. The lowest BCUT2D eigenvalue weighted by molar-refractivity contribution is 0.0999. The van der Waals surface area contributed by atoms with Crippen LogP contribution in [0, 0.1) is 5.82 Å². The predicted molar refractivity (Wildman–Crippen MR) is 96.0 cm³/mol. The molecule has 2 aromatic rings. The van der Waals surface area contributed by atoms with Crippen LogP contribution in [-0.4, -0.2) is 47.0 Å². The molecule has 0 unspecified atom stereocenters. The first kappa shape index (κ1) is 18.1. The van der Waals surface area contributed by atoms with E-state index in [4.69, 9.17) is 10.5 Å². The molecule has 3 rings (SSSR count). The summed E-state index contributed by atoms with van der Waals surface area (Å²) in [5.41, 5.74) is 5.83. The molecule has 1 saturated heterocycles. The molecule has 0 atom stereocenters. The standard InChI is InChI=1S/C18H22FN5O2/c19-15-10-14(23-18-21-11-13(12-22-18)17(20)25)4-5-16(15)26-9-8-24-6-2-1-3-7-24/h4-5,10-12H,1-3,6-9H2,(H2,20,25)(H,21,22,23). The molecule has 1 aromatic carbocycles. The van der Waals surface area contributed by atoms with E-state index in [1.54, 1.807) is 12.1 Å². The molecule has 138 valence electrons. The van der Waals surface area contributed by atoms with Crippen LogP contribution in [0.15, 0.2) is 30.6 Å². The molecule has 0 saturated carbocycles. The Bertz CT molecular complexity index is 748. The fourth-order valence-electron chi connectivity index (χ4n) is 2.81. The number of aromatic nitrogens is 2. The number of nitrogens with one attached hydrogen (secondary N) is 1. The third kappa shape index (κ3) is 4.89. The third-order valence-electron chi connectivity index (χ3n) is 4.24. The second-order valence-electron chi connectivity index (χ2n) is 6.18. The minimum atomic E-state index is -0.603. The monoisotopic (exact) mass is 359 g/mol. The molecule has 0 spiro atoms. The lowest BCUT2D eigenvalue weighted by Crippen LogP contribution is -2.33. The Labute approximate surface area is 151 Å². The summed E-state index contributed by atoms with van der Waals surface area (Å²) in [5.74, 6) is -0.596. The Hall–Kier alpha value is -2.74. The number of hydrogen-bond donors (Lipinski definition) is 2. The molecule has 0 bridgehead atoms. The average Bonchev–Trinajstić information content (AvgIpc) is 2.65. The van der Waals surface area contributed by atoms with E-state index in [9.17, 15) is 9.18 Å². The second-order valence-corrected chi connectivity index (χ2v) is 6.18. The van der Waals surface area contributed by atoms with Gasteiger partial charge in [0.05, 0.1) is 5.56 Å². The second kappa shape index (κ2) is 8.57. The minimum Gasteiger partial charge on any atom is -0.489 e. The molecule has 3 N–H and O–H groups in total. The highest BCUT2D eigenvalue weighted by Crippen LogP contribution is 2.23. The summed E-state index contributed by atoms with van der Waals surface area (Å²) in [5, 5.41) is 2.87. The number of benzene rings is 1. The van der Waals surface area contributed by atoms with Crippen molar-refractivity contribution in [3.05, 3.63) is 42.0 Å². The Balaban J connectivity index is 1.54. The van der Waals surface area contributed by atoms with E-state index in [1.807, 2.05) is 0 Å². The maximum Gasteiger partial charge on any atom is 0.251 e. The molecule has 0 aliphatic carbocycles. The number of nitrogens with two attached hydrogens (primary N) is 1. The van der Waals surface area contributed by atoms with Crippen molar-refractivity contribution in [1.29, 1.82) is 0 Å². The normalized spacial score (nSPS) is 14.8. The zero-order chi connectivity index (χ0) is 18.4. The molecular formula is C18H22FN5O2. The number of ether oxygens (including phenoxy) is 1. The molecule has 1 aromatic heterocycles. The van der Waals surface area contributed by atoms with Crippen LogP contribution in [0.3, 0.4) is 0 Å². The zero-order valence-electron chi connectivity index (χ0n) is 14.4.